The van der Waals surface area contributed by atoms with Crippen LogP contribution in [0.15, 0.2) is 0 Å². The van der Waals surface area contributed by atoms with Gasteiger partial charge in [0.05, 0.1) is 17.0 Å². The van der Waals surface area contributed by atoms with Crippen LogP contribution in [0.3, 0.4) is 0 Å². The molecule has 0 radical (unpaired) electrons. The quantitative estimate of drug-likeness (QED) is 0.709. The summed E-state index contributed by atoms with van der Waals surface area (Å²) in [5.74, 6) is -3.94. The first kappa shape index (κ1) is 13.3. The zero-order chi connectivity index (χ0) is 13.1. The van der Waals surface area contributed by atoms with Gasteiger partial charge in [-0.2, -0.15) is 0 Å². The van der Waals surface area contributed by atoms with Crippen molar-refractivity contribution < 1.29 is 18.1 Å². The SMILES string of the molecule is CCC[C@@H]1[C@@H](B2OC(C)(C)C(C)(C)O2)C1(F)F. The molecule has 2 rings (SSSR count). The van der Waals surface area contributed by atoms with Crippen LogP contribution in [0.5, 0.6) is 0 Å². The molecule has 1 saturated carbocycles. The topological polar surface area (TPSA) is 18.5 Å². The lowest BCUT2D eigenvalue weighted by atomic mass is 9.80. The molecule has 1 aliphatic carbocycles. The number of rotatable bonds is 3. The summed E-state index contributed by atoms with van der Waals surface area (Å²) in [6.45, 7) is 9.49. The molecule has 1 heterocycles. The predicted octanol–water partition coefficient (Wildman–Crippen LogP) is 3.51. The van der Waals surface area contributed by atoms with Crippen molar-refractivity contribution in [1.82, 2.24) is 0 Å². The summed E-state index contributed by atoms with van der Waals surface area (Å²) in [4.78, 5) is 0. The van der Waals surface area contributed by atoms with Gasteiger partial charge in [-0.15, -0.1) is 0 Å². The monoisotopic (exact) mass is 246 g/mol. The maximum Gasteiger partial charge on any atom is 0.467 e. The van der Waals surface area contributed by atoms with Crippen molar-refractivity contribution in [2.75, 3.05) is 0 Å². The lowest BCUT2D eigenvalue weighted by Crippen LogP contribution is -2.41. The van der Waals surface area contributed by atoms with Crippen molar-refractivity contribution >= 4 is 7.12 Å². The molecule has 0 aromatic heterocycles. The Morgan fingerprint density at radius 3 is 1.94 bits per heavy atom. The normalized spacial score (nSPS) is 37.2. The second-order valence-corrected chi connectivity index (χ2v) is 6.22. The van der Waals surface area contributed by atoms with E-state index in [1.807, 2.05) is 34.6 Å². The molecule has 1 saturated heterocycles. The average molecular weight is 246 g/mol. The van der Waals surface area contributed by atoms with Crippen LogP contribution in [-0.4, -0.2) is 24.2 Å². The summed E-state index contributed by atoms with van der Waals surface area (Å²) < 4.78 is 38.7. The van der Waals surface area contributed by atoms with E-state index in [2.05, 4.69) is 0 Å². The zero-order valence-electron chi connectivity index (χ0n) is 11.2. The Balaban J connectivity index is 2.08. The van der Waals surface area contributed by atoms with Crippen molar-refractivity contribution in [1.29, 1.82) is 0 Å². The fraction of sp³-hybridized carbons (Fsp3) is 1.00. The Morgan fingerprint density at radius 2 is 1.53 bits per heavy atom. The predicted molar refractivity (Wildman–Crippen MR) is 63.2 cm³/mol. The van der Waals surface area contributed by atoms with Gasteiger partial charge >= 0.3 is 7.12 Å². The maximum absolute atomic E-state index is 13.6. The molecule has 0 aromatic carbocycles. The Hall–Kier alpha value is -0.155. The van der Waals surface area contributed by atoms with Crippen molar-refractivity contribution in [3.63, 3.8) is 0 Å². The van der Waals surface area contributed by atoms with E-state index in [1.54, 1.807) is 0 Å². The van der Waals surface area contributed by atoms with Gasteiger partial charge in [-0.25, -0.2) is 8.78 Å². The summed E-state index contributed by atoms with van der Waals surface area (Å²) in [6.07, 6.45) is 1.32. The van der Waals surface area contributed by atoms with E-state index in [0.29, 0.717) is 6.42 Å². The summed E-state index contributed by atoms with van der Waals surface area (Å²) in [7, 11) is -0.758. The van der Waals surface area contributed by atoms with Crippen molar-refractivity contribution in [3.05, 3.63) is 0 Å². The van der Waals surface area contributed by atoms with Gasteiger partial charge in [0.15, 0.2) is 0 Å². The number of hydrogen-bond acceptors (Lipinski definition) is 2. The molecular formula is C12H21BF2O2. The summed E-state index contributed by atoms with van der Waals surface area (Å²) in [5.41, 5.74) is -1.04. The summed E-state index contributed by atoms with van der Waals surface area (Å²) in [6, 6.07) is 0. The number of halogens is 2. The molecule has 98 valence electrons. The van der Waals surface area contributed by atoms with E-state index in [0.717, 1.165) is 6.42 Å². The molecular weight excluding hydrogens is 225 g/mol. The van der Waals surface area contributed by atoms with Gasteiger partial charge in [0.25, 0.3) is 5.92 Å². The third kappa shape index (κ3) is 1.91. The summed E-state index contributed by atoms with van der Waals surface area (Å²) in [5, 5.41) is 0. The Kier molecular flexibility index (Phi) is 2.87. The molecule has 0 bridgehead atoms. The van der Waals surface area contributed by atoms with Gasteiger partial charge in [0.2, 0.25) is 0 Å². The van der Waals surface area contributed by atoms with E-state index < -0.39 is 36.0 Å². The molecule has 0 amide bonds. The zero-order valence-corrected chi connectivity index (χ0v) is 11.2. The highest BCUT2D eigenvalue weighted by Crippen LogP contribution is 2.65. The highest BCUT2D eigenvalue weighted by molar-refractivity contribution is 6.49. The molecule has 0 unspecified atom stereocenters. The molecule has 17 heavy (non-hydrogen) atoms. The standard InChI is InChI=1S/C12H21BF2O2/c1-6-7-8-9(12(8,14)15)13-16-10(2,3)11(4,5)17-13/h8-9H,6-7H2,1-5H3/t8-,9-/m1/s1. The van der Waals surface area contributed by atoms with Crippen LogP contribution in [0.4, 0.5) is 8.78 Å². The summed E-state index contributed by atoms with van der Waals surface area (Å²) >= 11 is 0. The first-order chi connectivity index (χ1) is 7.63. The first-order valence-corrected chi connectivity index (χ1v) is 6.37. The molecule has 0 aromatic rings. The molecule has 1 aliphatic heterocycles. The van der Waals surface area contributed by atoms with Gasteiger partial charge in [-0.3, -0.25) is 0 Å². The Labute approximate surface area is 102 Å². The second-order valence-electron chi connectivity index (χ2n) is 6.22. The Bertz CT molecular complexity index is 302. The van der Waals surface area contributed by atoms with E-state index in [1.165, 1.54) is 0 Å². The highest BCUT2D eigenvalue weighted by Gasteiger charge is 2.75. The fourth-order valence-corrected chi connectivity index (χ4v) is 2.51. The van der Waals surface area contributed by atoms with Crippen LogP contribution in [0.1, 0.15) is 47.5 Å². The minimum Gasteiger partial charge on any atom is -0.403 e. The average Bonchev–Trinajstić information content (AvgIpc) is 2.57. The minimum absolute atomic E-state index is 0.521. The molecule has 2 nitrogen and oxygen atoms in total. The van der Waals surface area contributed by atoms with Crippen molar-refractivity contribution in [2.45, 2.75) is 70.4 Å². The molecule has 0 spiro atoms. The van der Waals surface area contributed by atoms with Crippen molar-refractivity contribution in [3.8, 4) is 0 Å². The third-order valence-electron chi connectivity index (χ3n) is 4.43. The fourth-order valence-electron chi connectivity index (χ4n) is 2.51. The Morgan fingerprint density at radius 1 is 1.06 bits per heavy atom. The van der Waals surface area contributed by atoms with Crippen LogP contribution in [0, 0.1) is 5.92 Å². The first-order valence-electron chi connectivity index (χ1n) is 6.37. The van der Waals surface area contributed by atoms with Crippen LogP contribution in [0.25, 0.3) is 0 Å². The minimum atomic E-state index is -2.61. The molecule has 5 heteroatoms. The second kappa shape index (κ2) is 3.67. The van der Waals surface area contributed by atoms with Gasteiger partial charge in [-0.05, 0) is 34.1 Å². The van der Waals surface area contributed by atoms with Gasteiger partial charge in [0, 0.05) is 5.92 Å². The van der Waals surface area contributed by atoms with E-state index in [9.17, 15) is 8.78 Å². The molecule has 2 fully saturated rings. The third-order valence-corrected chi connectivity index (χ3v) is 4.43. The van der Waals surface area contributed by atoms with Gasteiger partial charge in [0.1, 0.15) is 0 Å². The van der Waals surface area contributed by atoms with Crippen molar-refractivity contribution in [2.24, 2.45) is 5.92 Å². The van der Waals surface area contributed by atoms with E-state index in [4.69, 9.17) is 9.31 Å². The lowest BCUT2D eigenvalue weighted by Gasteiger charge is -2.32. The smallest absolute Gasteiger partial charge is 0.403 e. The highest BCUT2D eigenvalue weighted by atomic mass is 19.3. The number of hydrogen-bond donors (Lipinski definition) is 0. The molecule has 2 atom stereocenters. The maximum atomic E-state index is 13.6. The van der Waals surface area contributed by atoms with Crippen LogP contribution < -0.4 is 0 Å². The van der Waals surface area contributed by atoms with Crippen LogP contribution in [-0.2, 0) is 9.31 Å². The van der Waals surface area contributed by atoms with E-state index >= 15 is 0 Å². The number of alkyl halides is 2. The van der Waals surface area contributed by atoms with Crippen LogP contribution >= 0.6 is 0 Å². The van der Waals surface area contributed by atoms with E-state index in [-0.39, 0.29) is 0 Å². The van der Waals surface area contributed by atoms with Gasteiger partial charge in [-0.1, -0.05) is 13.3 Å². The van der Waals surface area contributed by atoms with Gasteiger partial charge < -0.3 is 9.31 Å². The molecule has 2 aliphatic rings. The van der Waals surface area contributed by atoms with Crippen LogP contribution in [0.2, 0.25) is 5.82 Å². The lowest BCUT2D eigenvalue weighted by molar-refractivity contribution is 0.00578. The largest absolute Gasteiger partial charge is 0.467 e. The molecule has 0 N–H and O–H groups in total.